The number of hydrogen-bond donors (Lipinski definition) is 3. The summed E-state index contributed by atoms with van der Waals surface area (Å²) in [6.07, 6.45) is 0.885. The van der Waals surface area contributed by atoms with Crippen molar-refractivity contribution in [2.24, 2.45) is 0 Å². The van der Waals surface area contributed by atoms with Gasteiger partial charge >= 0.3 is 0 Å². The number of aromatic nitrogens is 2. The Balaban J connectivity index is 1.93. The Morgan fingerprint density at radius 2 is 2.00 bits per heavy atom. The number of nitrogens with two attached hydrogens (primary N) is 1. The molecule has 0 saturated carbocycles. The van der Waals surface area contributed by atoms with Crippen LogP contribution in [-0.4, -0.2) is 28.1 Å². The minimum Gasteiger partial charge on any atom is -0.495 e. The summed E-state index contributed by atoms with van der Waals surface area (Å²) in [6, 6.07) is 14.3. The molecule has 0 spiro atoms. The van der Waals surface area contributed by atoms with Gasteiger partial charge in [-0.2, -0.15) is 0 Å². The Bertz CT molecular complexity index is 973. The number of carbonyl (C=O) groups excluding carboxylic acids is 1. The molecule has 0 fully saturated rings. The lowest BCUT2D eigenvalue weighted by molar-refractivity contribution is 0.102. The Hall–Kier alpha value is -3.45. The van der Waals surface area contributed by atoms with Crippen LogP contribution in [-0.2, 0) is 0 Å². The molecule has 138 valence electrons. The fraction of sp³-hybridized carbons (Fsp3) is 0.150. The van der Waals surface area contributed by atoms with Crippen molar-refractivity contribution in [1.82, 2.24) is 9.97 Å². The first-order chi connectivity index (χ1) is 13.0. The van der Waals surface area contributed by atoms with Crippen molar-refractivity contribution in [2.75, 3.05) is 18.2 Å². The third-order valence-electron chi connectivity index (χ3n) is 4.04. The summed E-state index contributed by atoms with van der Waals surface area (Å²) < 4.78 is 5.24. The lowest BCUT2D eigenvalue weighted by Gasteiger charge is -2.11. The van der Waals surface area contributed by atoms with Gasteiger partial charge in [0.2, 0.25) is 0 Å². The van der Waals surface area contributed by atoms with Crippen LogP contribution in [0.3, 0.4) is 0 Å². The maximum atomic E-state index is 12.7. The molecule has 2 aromatic carbocycles. The molecule has 4 N–H and O–H groups in total. The molecule has 27 heavy (non-hydrogen) atoms. The number of nitrogens with one attached hydrogen (secondary N) is 1. The summed E-state index contributed by atoms with van der Waals surface area (Å²) in [7, 11) is 1.52. The molecule has 7 heteroatoms. The van der Waals surface area contributed by atoms with Crippen molar-refractivity contribution in [3.63, 3.8) is 0 Å². The van der Waals surface area contributed by atoms with Crippen LogP contribution in [0.5, 0.6) is 5.75 Å². The molecule has 1 aromatic heterocycles. The number of anilines is 2. The SMILES string of the molecule is COc1ccccc1NC(=O)c1nc(-c2cccc(C(C)O)c2)cnc1N. The van der Waals surface area contributed by atoms with Crippen molar-refractivity contribution < 1.29 is 14.6 Å². The number of nitrogen functional groups attached to an aromatic ring is 1. The van der Waals surface area contributed by atoms with E-state index in [0.717, 1.165) is 11.1 Å². The predicted molar refractivity (Wildman–Crippen MR) is 103 cm³/mol. The summed E-state index contributed by atoms with van der Waals surface area (Å²) in [4.78, 5) is 21.1. The second kappa shape index (κ2) is 7.84. The van der Waals surface area contributed by atoms with Crippen LogP contribution < -0.4 is 15.8 Å². The molecule has 7 nitrogen and oxygen atoms in total. The largest absolute Gasteiger partial charge is 0.495 e. The van der Waals surface area contributed by atoms with Crippen LogP contribution >= 0.6 is 0 Å². The highest BCUT2D eigenvalue weighted by atomic mass is 16.5. The smallest absolute Gasteiger partial charge is 0.278 e. The van der Waals surface area contributed by atoms with E-state index >= 15 is 0 Å². The summed E-state index contributed by atoms with van der Waals surface area (Å²) in [6.45, 7) is 1.68. The van der Waals surface area contributed by atoms with E-state index in [9.17, 15) is 9.90 Å². The first kappa shape index (κ1) is 18.3. The van der Waals surface area contributed by atoms with Crippen LogP contribution in [0.15, 0.2) is 54.7 Å². The van der Waals surface area contributed by atoms with E-state index in [1.165, 1.54) is 13.3 Å². The van der Waals surface area contributed by atoms with E-state index in [1.54, 1.807) is 37.3 Å². The second-order valence-electron chi connectivity index (χ2n) is 5.94. The van der Waals surface area contributed by atoms with Gasteiger partial charge in [0, 0.05) is 5.56 Å². The van der Waals surface area contributed by atoms with E-state index < -0.39 is 12.0 Å². The highest BCUT2D eigenvalue weighted by Crippen LogP contribution is 2.25. The zero-order valence-electron chi connectivity index (χ0n) is 15.0. The summed E-state index contributed by atoms with van der Waals surface area (Å²) >= 11 is 0. The quantitative estimate of drug-likeness (QED) is 0.642. The van der Waals surface area contributed by atoms with Gasteiger partial charge < -0.3 is 20.9 Å². The Morgan fingerprint density at radius 1 is 1.22 bits per heavy atom. The average Bonchev–Trinajstić information content (AvgIpc) is 2.68. The van der Waals surface area contributed by atoms with Crippen LogP contribution in [0, 0.1) is 0 Å². The Morgan fingerprint density at radius 3 is 2.74 bits per heavy atom. The molecule has 3 rings (SSSR count). The molecule has 1 heterocycles. The summed E-state index contributed by atoms with van der Waals surface area (Å²) in [5, 5.41) is 12.5. The van der Waals surface area contributed by atoms with Gasteiger partial charge in [0.1, 0.15) is 5.75 Å². The number of aliphatic hydroxyl groups is 1. The molecular formula is C20H20N4O3. The fourth-order valence-electron chi connectivity index (χ4n) is 2.59. The molecule has 0 radical (unpaired) electrons. The number of rotatable bonds is 5. The van der Waals surface area contributed by atoms with Gasteiger partial charge in [-0.25, -0.2) is 9.97 Å². The van der Waals surface area contributed by atoms with Crippen LogP contribution in [0.4, 0.5) is 11.5 Å². The minimum atomic E-state index is -0.611. The van der Waals surface area contributed by atoms with Gasteiger partial charge in [0.15, 0.2) is 11.5 Å². The topological polar surface area (TPSA) is 110 Å². The van der Waals surface area contributed by atoms with Gasteiger partial charge in [-0.05, 0) is 30.7 Å². The van der Waals surface area contributed by atoms with Crippen molar-refractivity contribution in [2.45, 2.75) is 13.0 Å². The van der Waals surface area contributed by atoms with Crippen LogP contribution in [0.1, 0.15) is 29.1 Å². The normalized spacial score (nSPS) is 11.7. The van der Waals surface area contributed by atoms with Crippen LogP contribution in [0.2, 0.25) is 0 Å². The van der Waals surface area contributed by atoms with Crippen molar-refractivity contribution >= 4 is 17.4 Å². The molecule has 1 atom stereocenters. The minimum absolute atomic E-state index is 0.0147. The van der Waals surface area contributed by atoms with Gasteiger partial charge in [-0.15, -0.1) is 0 Å². The maximum absolute atomic E-state index is 12.7. The Kier molecular flexibility index (Phi) is 5.33. The molecule has 1 amide bonds. The van der Waals surface area contributed by atoms with Gasteiger partial charge in [-0.3, -0.25) is 4.79 Å². The monoisotopic (exact) mass is 364 g/mol. The van der Waals surface area contributed by atoms with Gasteiger partial charge in [0.05, 0.1) is 30.8 Å². The van der Waals surface area contributed by atoms with E-state index in [4.69, 9.17) is 10.5 Å². The van der Waals surface area contributed by atoms with E-state index in [0.29, 0.717) is 17.1 Å². The van der Waals surface area contributed by atoms with Crippen molar-refractivity contribution in [1.29, 1.82) is 0 Å². The number of nitrogens with zero attached hydrogens (tertiary/aromatic N) is 2. The average molecular weight is 364 g/mol. The lowest BCUT2D eigenvalue weighted by atomic mass is 10.1. The molecule has 0 aliphatic carbocycles. The molecule has 0 bridgehead atoms. The standard InChI is InChI=1S/C20H20N4O3/c1-12(25)13-6-5-7-14(10-13)16-11-22-19(21)18(23-16)20(26)24-15-8-3-4-9-17(15)27-2/h3-12,25H,1-2H3,(H2,21,22)(H,24,26). The fourth-order valence-corrected chi connectivity index (χ4v) is 2.59. The first-order valence-corrected chi connectivity index (χ1v) is 8.35. The first-order valence-electron chi connectivity index (χ1n) is 8.35. The Labute approximate surface area is 156 Å². The van der Waals surface area contributed by atoms with Crippen LogP contribution in [0.25, 0.3) is 11.3 Å². The number of amides is 1. The van der Waals surface area contributed by atoms with Gasteiger partial charge in [0.25, 0.3) is 5.91 Å². The number of para-hydroxylation sites is 2. The maximum Gasteiger partial charge on any atom is 0.278 e. The molecular weight excluding hydrogens is 344 g/mol. The highest BCUT2D eigenvalue weighted by molar-refractivity contribution is 6.06. The third-order valence-corrected chi connectivity index (χ3v) is 4.04. The molecule has 0 saturated heterocycles. The number of ether oxygens (including phenoxy) is 1. The number of methoxy groups -OCH3 is 1. The third kappa shape index (κ3) is 4.04. The lowest BCUT2D eigenvalue weighted by Crippen LogP contribution is -2.17. The van der Waals surface area contributed by atoms with Crippen molar-refractivity contribution in [3.8, 4) is 17.0 Å². The summed E-state index contributed by atoms with van der Waals surface area (Å²) in [5.41, 5.74) is 8.34. The highest BCUT2D eigenvalue weighted by Gasteiger charge is 2.17. The summed E-state index contributed by atoms with van der Waals surface area (Å²) in [5.74, 6) is 0.0639. The zero-order valence-corrected chi connectivity index (χ0v) is 15.0. The predicted octanol–water partition coefficient (Wildman–Crippen LogP) is 3.04. The molecule has 0 aliphatic rings. The number of aliphatic hydroxyl groups excluding tert-OH is 1. The number of hydrogen-bond acceptors (Lipinski definition) is 6. The molecule has 1 unspecified atom stereocenters. The zero-order chi connectivity index (χ0) is 19.4. The van der Waals surface area contributed by atoms with E-state index in [2.05, 4.69) is 15.3 Å². The molecule has 3 aromatic rings. The van der Waals surface area contributed by atoms with Gasteiger partial charge in [-0.1, -0.05) is 30.3 Å². The second-order valence-corrected chi connectivity index (χ2v) is 5.94. The van der Waals surface area contributed by atoms with E-state index in [-0.39, 0.29) is 11.5 Å². The number of carbonyl (C=O) groups is 1. The number of benzene rings is 2. The van der Waals surface area contributed by atoms with E-state index in [1.807, 2.05) is 18.2 Å². The molecule has 0 aliphatic heterocycles. The van der Waals surface area contributed by atoms with Crippen molar-refractivity contribution in [3.05, 3.63) is 66.0 Å².